The summed E-state index contributed by atoms with van der Waals surface area (Å²) >= 11 is 0. The summed E-state index contributed by atoms with van der Waals surface area (Å²) < 4.78 is 0. The van der Waals surface area contributed by atoms with Crippen molar-refractivity contribution in [2.45, 2.75) is 82.4 Å². The molecule has 36 heavy (non-hydrogen) atoms. The molecule has 2 aromatic rings. The number of aliphatic hydroxyl groups is 1. The molecule has 0 atom stereocenters. The number of hydrogen-bond acceptors (Lipinski definition) is 7. The minimum atomic E-state index is -0.0979. The van der Waals surface area contributed by atoms with Gasteiger partial charge >= 0.3 is 0 Å². The van der Waals surface area contributed by atoms with E-state index >= 15 is 0 Å². The van der Waals surface area contributed by atoms with E-state index < -0.39 is 0 Å². The monoisotopic (exact) mass is 494 g/mol. The van der Waals surface area contributed by atoms with Crippen LogP contribution in [0.25, 0.3) is 10.9 Å². The predicted octanol–water partition coefficient (Wildman–Crippen LogP) is 3.10. The van der Waals surface area contributed by atoms with Crippen LogP contribution in [0.1, 0.15) is 74.7 Å². The van der Waals surface area contributed by atoms with Gasteiger partial charge < -0.3 is 25.5 Å². The van der Waals surface area contributed by atoms with E-state index in [1.165, 1.54) is 25.7 Å². The number of hydrogen-bond donors (Lipinski definition) is 3. The van der Waals surface area contributed by atoms with Crippen LogP contribution < -0.4 is 15.5 Å². The molecule has 2 aromatic heterocycles. The first kappa shape index (κ1) is 25.4. The number of amides is 1. The Hall–Kier alpha value is -2.29. The lowest BCUT2D eigenvalue weighted by molar-refractivity contribution is 0.0907. The van der Waals surface area contributed by atoms with Crippen molar-refractivity contribution in [2.75, 3.05) is 44.2 Å². The second-order valence-corrected chi connectivity index (χ2v) is 10.8. The summed E-state index contributed by atoms with van der Waals surface area (Å²) in [4.78, 5) is 27.3. The molecule has 2 saturated heterocycles. The van der Waals surface area contributed by atoms with Gasteiger partial charge in [0.25, 0.3) is 5.91 Å². The third-order valence-electron chi connectivity index (χ3n) is 8.23. The number of nitrogens with one attached hydrogen (secondary N) is 2. The molecule has 8 nitrogen and oxygen atoms in total. The molecule has 3 N–H and O–H groups in total. The molecule has 0 spiro atoms. The van der Waals surface area contributed by atoms with Gasteiger partial charge in [0, 0.05) is 62.9 Å². The lowest BCUT2D eigenvalue weighted by atomic mass is 9.93. The molecule has 4 heterocycles. The van der Waals surface area contributed by atoms with Gasteiger partial charge in [-0.15, -0.1) is 0 Å². The summed E-state index contributed by atoms with van der Waals surface area (Å²) in [6, 6.07) is 6.72. The van der Waals surface area contributed by atoms with Crippen molar-refractivity contribution in [3.05, 3.63) is 30.1 Å². The van der Waals surface area contributed by atoms with Crippen molar-refractivity contribution in [2.24, 2.45) is 0 Å². The topological polar surface area (TPSA) is 93.6 Å². The molecule has 0 unspecified atom stereocenters. The van der Waals surface area contributed by atoms with Crippen LogP contribution in [-0.4, -0.2) is 83.3 Å². The number of anilines is 1. The Morgan fingerprint density at radius 2 is 1.67 bits per heavy atom. The first-order valence-electron chi connectivity index (χ1n) is 14.1. The molecule has 5 rings (SSSR count). The molecule has 0 bridgehead atoms. The first-order valence-corrected chi connectivity index (χ1v) is 14.1. The van der Waals surface area contributed by atoms with Crippen LogP contribution in [0.5, 0.6) is 0 Å². The largest absolute Gasteiger partial charge is 0.393 e. The number of rotatable bonds is 7. The van der Waals surface area contributed by atoms with Gasteiger partial charge in [0.05, 0.1) is 11.6 Å². The summed E-state index contributed by atoms with van der Waals surface area (Å²) in [6.45, 7) is 6.13. The summed E-state index contributed by atoms with van der Waals surface area (Å²) in [5, 5.41) is 17.4. The maximum Gasteiger partial charge on any atom is 0.270 e. The maximum atomic E-state index is 13.2. The molecule has 0 aromatic carbocycles. The summed E-state index contributed by atoms with van der Waals surface area (Å²) in [6.07, 6.45) is 12.5. The van der Waals surface area contributed by atoms with Crippen molar-refractivity contribution in [1.82, 2.24) is 25.5 Å². The number of carbonyl (C=O) groups excluding carboxylic acids is 1. The average Bonchev–Trinajstić information content (AvgIpc) is 3.20. The third-order valence-corrected chi connectivity index (χ3v) is 8.23. The highest BCUT2D eigenvalue weighted by molar-refractivity contribution is 6.04. The molecule has 2 aliphatic heterocycles. The lowest BCUT2D eigenvalue weighted by Gasteiger charge is -2.33. The molecular weight excluding hydrogens is 452 g/mol. The minimum Gasteiger partial charge on any atom is -0.393 e. The standard InChI is InChI=1S/C28H42N6O2/c35-23-7-5-21(6-8-23)29-15-20-33-18-12-22(13-19-33)31-28(36)27-24-9-10-26(32-25(24)11-14-30-27)34-16-3-1-2-4-17-34/h9-11,14,21-23,29,35H,1-8,12-13,15-20H2,(H,31,36). The fourth-order valence-corrected chi connectivity index (χ4v) is 5.96. The van der Waals surface area contributed by atoms with Gasteiger partial charge in [-0.1, -0.05) is 12.8 Å². The molecule has 196 valence electrons. The predicted molar refractivity (Wildman–Crippen MR) is 143 cm³/mol. The molecule has 1 aliphatic carbocycles. The van der Waals surface area contributed by atoms with Crippen LogP contribution in [0.15, 0.2) is 24.4 Å². The van der Waals surface area contributed by atoms with Crippen molar-refractivity contribution < 1.29 is 9.90 Å². The fourth-order valence-electron chi connectivity index (χ4n) is 5.96. The zero-order valence-corrected chi connectivity index (χ0v) is 21.5. The van der Waals surface area contributed by atoms with Crippen LogP contribution in [-0.2, 0) is 0 Å². The van der Waals surface area contributed by atoms with E-state index in [1.807, 2.05) is 18.2 Å². The highest BCUT2D eigenvalue weighted by Crippen LogP contribution is 2.23. The van der Waals surface area contributed by atoms with Gasteiger partial charge in [0.2, 0.25) is 0 Å². The van der Waals surface area contributed by atoms with Gasteiger partial charge in [-0.2, -0.15) is 0 Å². The van der Waals surface area contributed by atoms with E-state index in [-0.39, 0.29) is 18.1 Å². The molecule has 3 fully saturated rings. The van der Waals surface area contributed by atoms with E-state index in [1.54, 1.807) is 6.20 Å². The number of fused-ring (bicyclic) bond motifs is 1. The van der Waals surface area contributed by atoms with E-state index in [0.717, 1.165) is 94.5 Å². The Bertz CT molecular complexity index is 993. The van der Waals surface area contributed by atoms with Crippen LogP contribution in [0.4, 0.5) is 5.82 Å². The second kappa shape index (κ2) is 12.3. The quantitative estimate of drug-likeness (QED) is 0.545. The van der Waals surface area contributed by atoms with Crippen molar-refractivity contribution in [3.8, 4) is 0 Å². The number of likely N-dealkylation sites (tertiary alicyclic amines) is 1. The summed E-state index contributed by atoms with van der Waals surface area (Å²) in [7, 11) is 0. The number of piperidine rings is 1. The zero-order chi connectivity index (χ0) is 24.7. The van der Waals surface area contributed by atoms with Crippen molar-refractivity contribution in [3.63, 3.8) is 0 Å². The third kappa shape index (κ3) is 6.52. The van der Waals surface area contributed by atoms with Crippen molar-refractivity contribution in [1.29, 1.82) is 0 Å². The van der Waals surface area contributed by atoms with Gasteiger partial charge in [0.15, 0.2) is 0 Å². The molecular formula is C28H42N6O2. The van der Waals surface area contributed by atoms with Crippen LogP contribution >= 0.6 is 0 Å². The number of nitrogens with zero attached hydrogens (tertiary/aromatic N) is 4. The Morgan fingerprint density at radius 1 is 0.917 bits per heavy atom. The number of carbonyl (C=O) groups is 1. The van der Waals surface area contributed by atoms with E-state index in [0.29, 0.717) is 11.7 Å². The maximum absolute atomic E-state index is 13.2. The van der Waals surface area contributed by atoms with Crippen LogP contribution in [0.2, 0.25) is 0 Å². The Balaban J connectivity index is 1.11. The Kier molecular flexibility index (Phi) is 8.67. The number of aliphatic hydroxyl groups excluding tert-OH is 1. The van der Waals surface area contributed by atoms with E-state index in [2.05, 4.69) is 25.4 Å². The minimum absolute atomic E-state index is 0.0930. The van der Waals surface area contributed by atoms with Gasteiger partial charge in [-0.25, -0.2) is 4.98 Å². The van der Waals surface area contributed by atoms with E-state index in [9.17, 15) is 9.90 Å². The first-order chi connectivity index (χ1) is 17.7. The van der Waals surface area contributed by atoms with Crippen LogP contribution in [0, 0.1) is 0 Å². The number of pyridine rings is 2. The fraction of sp³-hybridized carbons (Fsp3) is 0.679. The highest BCUT2D eigenvalue weighted by Gasteiger charge is 2.24. The lowest BCUT2D eigenvalue weighted by Crippen LogP contribution is -2.47. The average molecular weight is 495 g/mol. The summed E-state index contributed by atoms with van der Waals surface area (Å²) in [5.41, 5.74) is 1.32. The van der Waals surface area contributed by atoms with E-state index in [4.69, 9.17) is 4.98 Å². The summed E-state index contributed by atoms with van der Waals surface area (Å²) in [5.74, 6) is 0.912. The highest BCUT2D eigenvalue weighted by atomic mass is 16.3. The van der Waals surface area contributed by atoms with Gasteiger partial charge in [0.1, 0.15) is 11.5 Å². The van der Waals surface area contributed by atoms with Gasteiger partial charge in [-0.3, -0.25) is 9.78 Å². The smallest absolute Gasteiger partial charge is 0.270 e. The molecule has 1 saturated carbocycles. The van der Waals surface area contributed by atoms with Crippen molar-refractivity contribution >= 4 is 22.6 Å². The van der Waals surface area contributed by atoms with Crippen LogP contribution in [0.3, 0.4) is 0 Å². The Morgan fingerprint density at radius 3 is 2.42 bits per heavy atom. The normalized spacial score (nSPS) is 24.5. The molecule has 1 amide bonds. The SMILES string of the molecule is O=C(NC1CCN(CCNC2CCC(O)CC2)CC1)c1nccc2nc(N3CCCCCC3)ccc12. The zero-order valence-electron chi connectivity index (χ0n) is 21.5. The van der Waals surface area contributed by atoms with Gasteiger partial charge in [-0.05, 0) is 69.6 Å². The Labute approximate surface area is 214 Å². The second-order valence-electron chi connectivity index (χ2n) is 10.8. The molecule has 3 aliphatic rings. The molecule has 8 heteroatoms. The number of aromatic nitrogens is 2. The molecule has 0 radical (unpaired) electrons.